The first kappa shape index (κ1) is 18.2. The number of ether oxygens (including phenoxy) is 1. The molecule has 0 radical (unpaired) electrons. The van der Waals surface area contributed by atoms with Crippen LogP contribution >= 0.6 is 24.0 Å². The summed E-state index contributed by atoms with van der Waals surface area (Å²) in [5.74, 6) is 0.604. The van der Waals surface area contributed by atoms with Crippen LogP contribution in [0.2, 0.25) is 0 Å². The fraction of sp³-hybridized carbons (Fsp3) is 0.294. The van der Waals surface area contributed by atoms with Crippen molar-refractivity contribution in [1.29, 1.82) is 0 Å². The van der Waals surface area contributed by atoms with E-state index in [-0.39, 0.29) is 23.5 Å². The fourth-order valence-corrected chi connectivity index (χ4v) is 5.84. The molecule has 2 fully saturated rings. The number of thioether (sulfide) groups is 1. The second kappa shape index (κ2) is 7.31. The van der Waals surface area contributed by atoms with Crippen LogP contribution in [0.5, 0.6) is 5.75 Å². The molecule has 2 heterocycles. The van der Waals surface area contributed by atoms with Crippen LogP contribution < -0.4 is 4.74 Å². The van der Waals surface area contributed by atoms with Gasteiger partial charge in [-0.15, -0.1) is 0 Å². The van der Waals surface area contributed by atoms with Crippen LogP contribution in [0.1, 0.15) is 12.0 Å². The maximum Gasteiger partial charge on any atom is 0.266 e. The molecule has 0 bridgehead atoms. The van der Waals surface area contributed by atoms with Crippen molar-refractivity contribution in [2.75, 3.05) is 18.1 Å². The molecule has 0 aliphatic carbocycles. The highest BCUT2D eigenvalue weighted by Crippen LogP contribution is 2.36. The Morgan fingerprint density at radius 3 is 2.68 bits per heavy atom. The molecule has 3 rings (SSSR count). The number of hydrogen-bond acceptors (Lipinski definition) is 6. The van der Waals surface area contributed by atoms with Crippen LogP contribution in [0.25, 0.3) is 6.08 Å². The van der Waals surface area contributed by atoms with Gasteiger partial charge in [0.25, 0.3) is 5.91 Å². The van der Waals surface area contributed by atoms with Crippen molar-refractivity contribution >= 4 is 50.1 Å². The van der Waals surface area contributed by atoms with E-state index in [1.165, 1.54) is 16.7 Å². The highest BCUT2D eigenvalue weighted by atomic mass is 32.2. The molecule has 2 aliphatic heterocycles. The summed E-state index contributed by atoms with van der Waals surface area (Å²) in [5.41, 5.74) is 0.852. The van der Waals surface area contributed by atoms with Gasteiger partial charge in [0, 0.05) is 0 Å². The summed E-state index contributed by atoms with van der Waals surface area (Å²) in [4.78, 5) is 14.6. The largest absolute Gasteiger partial charge is 0.490 e. The van der Waals surface area contributed by atoms with Crippen LogP contribution in [-0.2, 0) is 14.6 Å². The third kappa shape index (κ3) is 4.13. The van der Waals surface area contributed by atoms with Gasteiger partial charge in [-0.2, -0.15) is 0 Å². The number of sulfone groups is 1. The molecule has 1 atom stereocenters. The predicted octanol–water partition coefficient (Wildman–Crippen LogP) is 2.64. The molecule has 5 nitrogen and oxygen atoms in total. The van der Waals surface area contributed by atoms with Crippen LogP contribution in [-0.4, -0.2) is 47.7 Å². The fourth-order valence-electron chi connectivity index (χ4n) is 2.74. The maximum atomic E-state index is 12.6. The number of thiocarbonyl (C=S) groups is 1. The second-order valence-corrected chi connectivity index (χ2v) is 9.68. The molecule has 0 saturated carbocycles. The number of hydrogen-bond donors (Lipinski definition) is 0. The van der Waals surface area contributed by atoms with E-state index in [4.69, 9.17) is 17.0 Å². The summed E-state index contributed by atoms with van der Waals surface area (Å²) in [7, 11) is -3.07. The van der Waals surface area contributed by atoms with Gasteiger partial charge in [0.05, 0.1) is 22.5 Å². The topological polar surface area (TPSA) is 63.7 Å². The molecule has 2 saturated heterocycles. The highest BCUT2D eigenvalue weighted by molar-refractivity contribution is 8.26. The number of rotatable bonds is 5. The van der Waals surface area contributed by atoms with Crippen LogP contribution in [0, 0.1) is 0 Å². The first-order valence-electron chi connectivity index (χ1n) is 7.71. The van der Waals surface area contributed by atoms with E-state index in [2.05, 4.69) is 6.58 Å². The van der Waals surface area contributed by atoms with E-state index in [1.54, 1.807) is 12.2 Å². The third-order valence-corrected chi connectivity index (χ3v) is 7.02. The summed E-state index contributed by atoms with van der Waals surface area (Å²) < 4.78 is 29.2. The molecular weight excluding hydrogens is 378 g/mol. The molecule has 0 spiro atoms. The summed E-state index contributed by atoms with van der Waals surface area (Å²) in [5, 5.41) is 0. The van der Waals surface area contributed by atoms with Crippen molar-refractivity contribution in [3.63, 3.8) is 0 Å². The second-order valence-electron chi connectivity index (χ2n) is 5.78. The zero-order chi connectivity index (χ0) is 18.0. The van der Waals surface area contributed by atoms with E-state index in [9.17, 15) is 13.2 Å². The first-order chi connectivity index (χ1) is 11.9. The lowest BCUT2D eigenvalue weighted by atomic mass is 10.2. The van der Waals surface area contributed by atoms with E-state index in [1.807, 2.05) is 24.3 Å². The zero-order valence-corrected chi connectivity index (χ0v) is 15.8. The molecule has 0 N–H and O–H groups in total. The Bertz CT molecular complexity index is 843. The van der Waals surface area contributed by atoms with Crippen molar-refractivity contribution in [3.8, 4) is 5.75 Å². The monoisotopic (exact) mass is 395 g/mol. The Labute approximate surface area is 156 Å². The number of carbonyl (C=O) groups is 1. The van der Waals surface area contributed by atoms with Crippen molar-refractivity contribution in [2.45, 2.75) is 12.5 Å². The SMILES string of the molecule is C=CCOc1ccc(/C=C2/SC(=S)N(C3CCS(=O)(=O)C3)C2=O)cc1. The summed E-state index contributed by atoms with van der Waals surface area (Å²) >= 11 is 6.51. The van der Waals surface area contributed by atoms with Gasteiger partial charge in [-0.05, 0) is 30.2 Å². The third-order valence-electron chi connectivity index (χ3n) is 3.94. The van der Waals surface area contributed by atoms with Crippen molar-refractivity contribution in [3.05, 3.63) is 47.4 Å². The Kier molecular flexibility index (Phi) is 5.31. The van der Waals surface area contributed by atoms with E-state index < -0.39 is 9.84 Å². The summed E-state index contributed by atoms with van der Waals surface area (Å²) in [6.45, 7) is 4.03. The molecule has 1 aromatic rings. The number of amides is 1. The van der Waals surface area contributed by atoms with E-state index in [0.29, 0.717) is 22.3 Å². The van der Waals surface area contributed by atoms with Crippen LogP contribution in [0.3, 0.4) is 0 Å². The summed E-state index contributed by atoms with van der Waals surface area (Å²) in [6, 6.07) is 6.99. The maximum absolute atomic E-state index is 12.6. The lowest BCUT2D eigenvalue weighted by Gasteiger charge is -2.20. The van der Waals surface area contributed by atoms with Gasteiger partial charge >= 0.3 is 0 Å². The lowest BCUT2D eigenvalue weighted by Crippen LogP contribution is -2.39. The molecule has 0 aromatic heterocycles. The Morgan fingerprint density at radius 1 is 1.36 bits per heavy atom. The smallest absolute Gasteiger partial charge is 0.266 e. The zero-order valence-electron chi connectivity index (χ0n) is 13.4. The average Bonchev–Trinajstić information content (AvgIpc) is 3.05. The number of benzene rings is 1. The van der Waals surface area contributed by atoms with Crippen molar-refractivity contribution in [2.24, 2.45) is 0 Å². The first-order valence-corrected chi connectivity index (χ1v) is 10.8. The minimum absolute atomic E-state index is 0.0118. The van der Waals surface area contributed by atoms with Crippen molar-refractivity contribution < 1.29 is 17.9 Å². The van der Waals surface area contributed by atoms with Gasteiger partial charge < -0.3 is 4.74 Å². The van der Waals surface area contributed by atoms with Gasteiger partial charge in [0.15, 0.2) is 9.84 Å². The lowest BCUT2D eigenvalue weighted by molar-refractivity contribution is -0.123. The molecule has 25 heavy (non-hydrogen) atoms. The van der Waals surface area contributed by atoms with Gasteiger partial charge in [-0.1, -0.05) is 48.8 Å². The Hall–Kier alpha value is -1.64. The van der Waals surface area contributed by atoms with Gasteiger partial charge in [0.1, 0.15) is 16.7 Å². The molecule has 2 aliphatic rings. The molecule has 1 aromatic carbocycles. The molecular formula is C17H17NO4S3. The Balaban J connectivity index is 1.75. The summed E-state index contributed by atoms with van der Waals surface area (Å²) in [6.07, 6.45) is 3.87. The molecule has 1 amide bonds. The molecule has 8 heteroatoms. The van der Waals surface area contributed by atoms with Gasteiger partial charge in [-0.3, -0.25) is 9.69 Å². The van der Waals surface area contributed by atoms with E-state index >= 15 is 0 Å². The van der Waals surface area contributed by atoms with Crippen LogP contribution in [0.4, 0.5) is 0 Å². The minimum Gasteiger partial charge on any atom is -0.490 e. The van der Waals surface area contributed by atoms with Gasteiger partial charge in [0.2, 0.25) is 0 Å². The Morgan fingerprint density at radius 2 is 2.08 bits per heavy atom. The standard InChI is InChI=1S/C17H17NO4S3/c1-2-8-22-14-5-3-12(4-6-14)10-15-16(19)18(17(23)24-15)13-7-9-25(20,21)11-13/h2-6,10,13H,1,7-9,11H2/b15-10+. The van der Waals surface area contributed by atoms with E-state index in [0.717, 1.165) is 11.3 Å². The van der Waals surface area contributed by atoms with Crippen molar-refractivity contribution in [1.82, 2.24) is 4.90 Å². The minimum atomic E-state index is -3.07. The number of carbonyl (C=O) groups excluding carboxylic acids is 1. The predicted molar refractivity (Wildman–Crippen MR) is 104 cm³/mol. The highest BCUT2D eigenvalue weighted by Gasteiger charge is 2.42. The molecule has 132 valence electrons. The van der Waals surface area contributed by atoms with Gasteiger partial charge in [-0.25, -0.2) is 8.42 Å². The quantitative estimate of drug-likeness (QED) is 0.434. The average molecular weight is 396 g/mol. The number of nitrogens with zero attached hydrogens (tertiary/aromatic N) is 1. The van der Waals surface area contributed by atoms with Crippen LogP contribution in [0.15, 0.2) is 41.8 Å². The normalized spacial score (nSPS) is 24.1. The molecule has 1 unspecified atom stereocenters.